The number of carbonyl (C=O) groups excluding carboxylic acids is 2. The Morgan fingerprint density at radius 2 is 1.76 bits per heavy atom. The molecule has 34 heavy (non-hydrogen) atoms. The number of piperidine rings is 1. The number of carbonyl (C=O) groups is 2. The van der Waals surface area contributed by atoms with Crippen molar-refractivity contribution in [3.63, 3.8) is 0 Å². The molecule has 1 amide bonds. The number of methoxy groups -OCH3 is 1. The summed E-state index contributed by atoms with van der Waals surface area (Å²) in [6, 6.07) is 4.90. The lowest BCUT2D eigenvalue weighted by molar-refractivity contribution is 0.0599. The molecule has 0 aliphatic carbocycles. The number of hydrogen-bond acceptors (Lipinski definition) is 6. The van der Waals surface area contributed by atoms with Crippen LogP contribution in [-0.2, 0) is 14.8 Å². The summed E-state index contributed by atoms with van der Waals surface area (Å²) in [6.07, 6.45) is 3.21. The van der Waals surface area contributed by atoms with Gasteiger partial charge >= 0.3 is 5.97 Å². The number of nitrogens with one attached hydrogen (secondary N) is 2. The Labute approximate surface area is 201 Å². The fourth-order valence-corrected chi connectivity index (χ4v) is 5.95. The number of sulfonamides is 1. The fraction of sp³-hybridized carbons (Fsp3) is 0.500. The van der Waals surface area contributed by atoms with Gasteiger partial charge in [-0.05, 0) is 56.9 Å². The zero-order valence-electron chi connectivity index (χ0n) is 20.5. The first-order valence-corrected chi connectivity index (χ1v) is 13.1. The van der Waals surface area contributed by atoms with Crippen molar-refractivity contribution >= 4 is 33.3 Å². The zero-order valence-corrected chi connectivity index (χ0v) is 21.3. The van der Waals surface area contributed by atoms with Gasteiger partial charge in [0.15, 0.2) is 0 Å². The van der Waals surface area contributed by atoms with Crippen molar-refractivity contribution in [1.29, 1.82) is 0 Å². The van der Waals surface area contributed by atoms with Crippen molar-refractivity contribution in [2.45, 2.75) is 51.9 Å². The van der Waals surface area contributed by atoms with E-state index in [2.05, 4.69) is 15.2 Å². The third-order valence-corrected chi connectivity index (χ3v) is 8.36. The first kappa shape index (κ1) is 25.8. The van der Waals surface area contributed by atoms with Crippen molar-refractivity contribution in [2.75, 3.05) is 43.5 Å². The molecule has 2 N–H and O–H groups in total. The van der Waals surface area contributed by atoms with Gasteiger partial charge in [0.2, 0.25) is 10.0 Å². The van der Waals surface area contributed by atoms with Crippen molar-refractivity contribution in [2.24, 2.45) is 0 Å². The van der Waals surface area contributed by atoms with Crippen LogP contribution >= 0.6 is 0 Å². The van der Waals surface area contributed by atoms with Crippen LogP contribution in [0.4, 0.5) is 11.4 Å². The van der Waals surface area contributed by atoms with Crippen LogP contribution in [0.5, 0.6) is 0 Å². The van der Waals surface area contributed by atoms with Gasteiger partial charge in [-0.2, -0.15) is 4.31 Å². The minimum absolute atomic E-state index is 0.127. The van der Waals surface area contributed by atoms with Gasteiger partial charge in [0.05, 0.1) is 28.9 Å². The van der Waals surface area contributed by atoms with Gasteiger partial charge in [0.25, 0.3) is 5.91 Å². The topological polar surface area (TPSA) is 112 Å². The van der Waals surface area contributed by atoms with E-state index in [1.165, 1.54) is 17.5 Å². The van der Waals surface area contributed by atoms with Crippen molar-refractivity contribution in [3.05, 3.63) is 40.7 Å². The van der Waals surface area contributed by atoms with E-state index in [9.17, 15) is 18.0 Å². The number of esters is 1. The molecule has 9 nitrogen and oxygen atoms in total. The lowest BCUT2D eigenvalue weighted by atomic mass is 10.1. The van der Waals surface area contributed by atoms with E-state index in [-0.39, 0.29) is 10.6 Å². The third-order valence-electron chi connectivity index (χ3n) is 6.31. The standard InChI is InChI=1S/C24H34N4O5S/c1-6-28(7-2)34(31,32)18-11-12-20(27-13-9-8-10-14-27)19(15-18)26-23(29)22-16(3)21(17(4)25-22)24(30)33-5/h11-12,15,25H,6-10,13-14H2,1-5H3,(H,26,29). The monoisotopic (exact) mass is 490 g/mol. The van der Waals surface area contributed by atoms with E-state index in [0.29, 0.717) is 35.6 Å². The second-order valence-corrected chi connectivity index (χ2v) is 10.3. The predicted octanol–water partition coefficient (Wildman–Crippen LogP) is 3.69. The first-order valence-electron chi connectivity index (χ1n) is 11.6. The van der Waals surface area contributed by atoms with Gasteiger partial charge in [-0.15, -0.1) is 0 Å². The Morgan fingerprint density at radius 1 is 1.12 bits per heavy atom. The molecule has 0 unspecified atom stereocenters. The highest BCUT2D eigenvalue weighted by atomic mass is 32.2. The molecule has 1 aliphatic heterocycles. The van der Waals surface area contributed by atoms with Crippen LogP contribution in [0.2, 0.25) is 0 Å². The van der Waals surface area contributed by atoms with Crippen LogP contribution in [-0.4, -0.2) is 62.9 Å². The summed E-state index contributed by atoms with van der Waals surface area (Å²) in [7, 11) is -2.41. The van der Waals surface area contributed by atoms with E-state index in [0.717, 1.165) is 38.0 Å². The van der Waals surface area contributed by atoms with Gasteiger partial charge in [-0.1, -0.05) is 13.8 Å². The maximum atomic E-state index is 13.3. The van der Waals surface area contributed by atoms with E-state index in [1.54, 1.807) is 39.8 Å². The zero-order chi connectivity index (χ0) is 25.0. The van der Waals surface area contributed by atoms with E-state index in [1.807, 2.05) is 0 Å². The summed E-state index contributed by atoms with van der Waals surface area (Å²) in [5.74, 6) is -0.974. The van der Waals surface area contributed by atoms with Crippen LogP contribution in [0.3, 0.4) is 0 Å². The lowest BCUT2D eigenvalue weighted by Gasteiger charge is -2.31. The quantitative estimate of drug-likeness (QED) is 0.546. The third kappa shape index (κ3) is 4.97. The molecule has 2 heterocycles. The van der Waals surface area contributed by atoms with Gasteiger partial charge in [0.1, 0.15) is 5.69 Å². The Hall–Kier alpha value is -2.85. The molecular weight excluding hydrogens is 456 g/mol. The molecule has 186 valence electrons. The number of aromatic amines is 1. The van der Waals surface area contributed by atoms with Crippen LogP contribution < -0.4 is 10.2 Å². The van der Waals surface area contributed by atoms with Crippen molar-refractivity contribution < 1.29 is 22.7 Å². The highest BCUT2D eigenvalue weighted by Gasteiger charge is 2.27. The van der Waals surface area contributed by atoms with Crippen LogP contribution in [0.15, 0.2) is 23.1 Å². The molecule has 1 fully saturated rings. The molecule has 2 aromatic rings. The molecule has 0 saturated carbocycles. The van der Waals surface area contributed by atoms with Crippen molar-refractivity contribution in [3.8, 4) is 0 Å². The summed E-state index contributed by atoms with van der Waals surface area (Å²) in [4.78, 5) is 30.7. The van der Waals surface area contributed by atoms with E-state index in [4.69, 9.17) is 4.74 Å². The van der Waals surface area contributed by atoms with Crippen molar-refractivity contribution in [1.82, 2.24) is 9.29 Å². The molecule has 1 aromatic carbocycles. The Kier molecular flexibility index (Phi) is 8.04. The maximum Gasteiger partial charge on any atom is 0.339 e. The minimum Gasteiger partial charge on any atom is -0.465 e. The molecule has 0 bridgehead atoms. The number of H-pyrrole nitrogens is 1. The average molecular weight is 491 g/mol. The summed E-state index contributed by atoms with van der Waals surface area (Å²) in [5, 5.41) is 2.90. The average Bonchev–Trinajstić information content (AvgIpc) is 3.13. The SMILES string of the molecule is CCN(CC)S(=O)(=O)c1ccc(N2CCCCC2)c(NC(=O)c2[nH]c(C)c(C(=O)OC)c2C)c1. The van der Waals surface area contributed by atoms with Gasteiger partial charge in [-0.25, -0.2) is 13.2 Å². The van der Waals surface area contributed by atoms with Gasteiger partial charge in [0, 0.05) is 31.9 Å². The summed E-state index contributed by atoms with van der Waals surface area (Å²) in [5.41, 5.74) is 2.77. The summed E-state index contributed by atoms with van der Waals surface area (Å²) >= 11 is 0. The smallest absolute Gasteiger partial charge is 0.339 e. The molecule has 1 saturated heterocycles. The minimum atomic E-state index is -3.70. The Morgan fingerprint density at radius 3 is 2.35 bits per heavy atom. The first-order chi connectivity index (χ1) is 16.1. The highest BCUT2D eigenvalue weighted by molar-refractivity contribution is 7.89. The number of ether oxygens (including phenoxy) is 1. The van der Waals surface area contributed by atoms with E-state index >= 15 is 0 Å². The maximum absolute atomic E-state index is 13.3. The van der Waals surface area contributed by atoms with Gasteiger partial charge in [-0.3, -0.25) is 4.79 Å². The number of hydrogen-bond donors (Lipinski definition) is 2. The number of aromatic nitrogens is 1. The molecule has 0 radical (unpaired) electrons. The Balaban J connectivity index is 2.04. The second-order valence-electron chi connectivity index (χ2n) is 8.39. The molecule has 0 atom stereocenters. The molecule has 0 spiro atoms. The number of aryl methyl sites for hydroxylation is 1. The largest absolute Gasteiger partial charge is 0.465 e. The van der Waals surface area contributed by atoms with Gasteiger partial charge < -0.3 is 19.9 Å². The lowest BCUT2D eigenvalue weighted by Crippen LogP contribution is -2.32. The molecule has 1 aromatic heterocycles. The highest BCUT2D eigenvalue weighted by Crippen LogP contribution is 2.33. The molecular formula is C24H34N4O5S. The number of benzene rings is 1. The van der Waals surface area contributed by atoms with Crippen LogP contribution in [0.25, 0.3) is 0 Å². The number of amides is 1. The summed E-state index contributed by atoms with van der Waals surface area (Å²) in [6.45, 7) is 9.33. The summed E-state index contributed by atoms with van der Waals surface area (Å²) < 4.78 is 32.5. The predicted molar refractivity (Wildman–Crippen MR) is 132 cm³/mol. The molecule has 3 rings (SSSR count). The van der Waals surface area contributed by atoms with Crippen LogP contribution in [0.1, 0.15) is 65.2 Å². The van der Waals surface area contributed by atoms with Crippen LogP contribution in [0, 0.1) is 13.8 Å². The second kappa shape index (κ2) is 10.6. The number of nitrogens with zero attached hydrogens (tertiary/aromatic N) is 2. The van der Waals surface area contributed by atoms with E-state index < -0.39 is 21.9 Å². The molecule has 10 heteroatoms. The molecule has 1 aliphatic rings. The fourth-order valence-electron chi connectivity index (χ4n) is 4.47. The number of anilines is 2. The Bertz CT molecular complexity index is 1160. The normalized spacial score (nSPS) is 14.4. The number of rotatable bonds is 8.